The van der Waals surface area contributed by atoms with E-state index in [9.17, 15) is 14.7 Å². The summed E-state index contributed by atoms with van der Waals surface area (Å²) in [6.45, 7) is 6.14. The average Bonchev–Trinajstić information content (AvgIpc) is 2.27. The van der Waals surface area contributed by atoms with Crippen LogP contribution >= 0.6 is 15.9 Å². The third-order valence-electron chi connectivity index (χ3n) is 2.36. The standard InChI is InChI=1S/C12H18BrN3O3/c1-12(2,3)4-7(17)5-14-11(19)9-8(13)10(18)16-6-15-9/h6-7,17H,4-5H2,1-3H3,(H,14,19)(H,15,16,18). The smallest absolute Gasteiger partial charge is 0.271 e. The number of carbonyl (C=O) groups excluding carboxylic acids is 1. The number of aromatic nitrogens is 2. The van der Waals surface area contributed by atoms with E-state index in [1.165, 1.54) is 0 Å². The maximum Gasteiger partial charge on any atom is 0.271 e. The Kier molecular flexibility index (Phi) is 5.25. The topological polar surface area (TPSA) is 95.1 Å². The molecular formula is C12H18BrN3O3. The molecule has 1 aromatic rings. The lowest BCUT2D eigenvalue weighted by Crippen LogP contribution is -2.35. The molecule has 19 heavy (non-hydrogen) atoms. The van der Waals surface area contributed by atoms with E-state index in [4.69, 9.17) is 0 Å². The number of amides is 1. The summed E-state index contributed by atoms with van der Waals surface area (Å²) in [6.07, 6.45) is 1.09. The van der Waals surface area contributed by atoms with Gasteiger partial charge in [0.25, 0.3) is 11.5 Å². The van der Waals surface area contributed by atoms with Crippen LogP contribution in [0.2, 0.25) is 0 Å². The van der Waals surface area contributed by atoms with Gasteiger partial charge in [-0.2, -0.15) is 0 Å². The third-order valence-corrected chi connectivity index (χ3v) is 3.09. The summed E-state index contributed by atoms with van der Waals surface area (Å²) in [6, 6.07) is 0. The molecule has 1 unspecified atom stereocenters. The first-order valence-corrected chi connectivity index (χ1v) is 6.69. The van der Waals surface area contributed by atoms with Crippen molar-refractivity contribution in [2.24, 2.45) is 5.41 Å². The van der Waals surface area contributed by atoms with Gasteiger partial charge in [0.2, 0.25) is 0 Å². The van der Waals surface area contributed by atoms with Gasteiger partial charge in [-0.3, -0.25) is 9.59 Å². The molecule has 0 fully saturated rings. The van der Waals surface area contributed by atoms with E-state index in [1.54, 1.807) is 0 Å². The van der Waals surface area contributed by atoms with Crippen molar-refractivity contribution in [2.75, 3.05) is 6.54 Å². The molecule has 0 saturated carbocycles. The zero-order valence-electron chi connectivity index (χ0n) is 11.2. The van der Waals surface area contributed by atoms with Crippen LogP contribution in [-0.2, 0) is 0 Å². The van der Waals surface area contributed by atoms with Crippen molar-refractivity contribution in [3.8, 4) is 0 Å². The second-order valence-electron chi connectivity index (χ2n) is 5.52. The number of H-pyrrole nitrogens is 1. The van der Waals surface area contributed by atoms with Crippen LogP contribution in [0.5, 0.6) is 0 Å². The van der Waals surface area contributed by atoms with Crippen LogP contribution in [0.15, 0.2) is 15.6 Å². The first-order valence-electron chi connectivity index (χ1n) is 5.90. The summed E-state index contributed by atoms with van der Waals surface area (Å²) < 4.78 is 0.0813. The van der Waals surface area contributed by atoms with Crippen LogP contribution < -0.4 is 10.9 Å². The van der Waals surface area contributed by atoms with Gasteiger partial charge in [0.05, 0.1) is 12.4 Å². The molecule has 1 rings (SSSR count). The summed E-state index contributed by atoms with van der Waals surface area (Å²) in [4.78, 5) is 29.3. The second kappa shape index (κ2) is 6.29. The summed E-state index contributed by atoms with van der Waals surface area (Å²) in [5.74, 6) is -0.495. The molecule has 6 nitrogen and oxygen atoms in total. The van der Waals surface area contributed by atoms with E-state index >= 15 is 0 Å². The Bertz CT molecular complexity index is 508. The van der Waals surface area contributed by atoms with E-state index in [0.717, 1.165) is 6.33 Å². The highest BCUT2D eigenvalue weighted by atomic mass is 79.9. The molecule has 0 bridgehead atoms. The maximum absolute atomic E-state index is 11.8. The zero-order chi connectivity index (χ0) is 14.6. The van der Waals surface area contributed by atoms with E-state index in [2.05, 4.69) is 31.2 Å². The Balaban J connectivity index is 2.61. The third kappa shape index (κ3) is 5.12. The number of halogens is 1. The van der Waals surface area contributed by atoms with Crippen LogP contribution in [0.25, 0.3) is 0 Å². The highest BCUT2D eigenvalue weighted by molar-refractivity contribution is 9.10. The molecule has 3 N–H and O–H groups in total. The molecule has 7 heteroatoms. The van der Waals surface area contributed by atoms with E-state index in [0.29, 0.717) is 6.42 Å². The molecule has 106 valence electrons. The number of carbonyl (C=O) groups is 1. The van der Waals surface area contributed by atoms with E-state index in [1.807, 2.05) is 20.8 Å². The van der Waals surface area contributed by atoms with Gasteiger partial charge in [0.15, 0.2) is 0 Å². The summed E-state index contributed by atoms with van der Waals surface area (Å²) >= 11 is 3.01. The molecule has 0 aromatic carbocycles. The fraction of sp³-hybridized carbons (Fsp3) is 0.583. The van der Waals surface area contributed by atoms with E-state index in [-0.39, 0.29) is 22.1 Å². The van der Waals surface area contributed by atoms with Gasteiger partial charge in [0.1, 0.15) is 10.2 Å². The van der Waals surface area contributed by atoms with Crippen molar-refractivity contribution >= 4 is 21.8 Å². The van der Waals surface area contributed by atoms with Crippen LogP contribution in [0.1, 0.15) is 37.7 Å². The first kappa shape index (κ1) is 15.8. The largest absolute Gasteiger partial charge is 0.391 e. The predicted octanol–water partition coefficient (Wildman–Crippen LogP) is 1.06. The fourth-order valence-corrected chi connectivity index (χ4v) is 2.01. The lowest BCUT2D eigenvalue weighted by molar-refractivity contribution is 0.0863. The van der Waals surface area contributed by atoms with Gasteiger partial charge >= 0.3 is 0 Å². The van der Waals surface area contributed by atoms with Crippen LogP contribution in [0.4, 0.5) is 0 Å². The molecule has 1 heterocycles. The lowest BCUT2D eigenvalue weighted by atomic mass is 9.89. The summed E-state index contributed by atoms with van der Waals surface area (Å²) in [5, 5.41) is 12.3. The van der Waals surface area contributed by atoms with Crippen molar-refractivity contribution in [1.29, 1.82) is 0 Å². The van der Waals surface area contributed by atoms with Crippen molar-refractivity contribution in [2.45, 2.75) is 33.3 Å². The highest BCUT2D eigenvalue weighted by Crippen LogP contribution is 2.20. The number of aliphatic hydroxyl groups excluding tert-OH is 1. The van der Waals surface area contributed by atoms with Crippen LogP contribution in [0.3, 0.4) is 0 Å². The number of nitrogens with one attached hydrogen (secondary N) is 2. The Labute approximate surface area is 119 Å². The molecule has 0 saturated heterocycles. The van der Waals surface area contributed by atoms with Crippen LogP contribution in [-0.4, -0.2) is 33.6 Å². The Morgan fingerprint density at radius 1 is 1.58 bits per heavy atom. The number of rotatable bonds is 4. The van der Waals surface area contributed by atoms with Gasteiger partial charge in [-0.05, 0) is 27.8 Å². The number of aromatic amines is 1. The van der Waals surface area contributed by atoms with Crippen molar-refractivity contribution in [1.82, 2.24) is 15.3 Å². The molecule has 1 amide bonds. The molecular weight excluding hydrogens is 314 g/mol. The zero-order valence-corrected chi connectivity index (χ0v) is 12.7. The number of nitrogens with zero attached hydrogens (tertiary/aromatic N) is 1. The Morgan fingerprint density at radius 3 is 2.79 bits per heavy atom. The first-order chi connectivity index (χ1) is 8.70. The van der Waals surface area contributed by atoms with Crippen molar-refractivity contribution < 1.29 is 9.90 Å². The summed E-state index contributed by atoms with van der Waals surface area (Å²) in [5.41, 5.74) is -0.436. The number of hydrogen-bond acceptors (Lipinski definition) is 4. The fourth-order valence-electron chi connectivity index (χ4n) is 1.61. The van der Waals surface area contributed by atoms with Crippen molar-refractivity contribution in [3.63, 3.8) is 0 Å². The molecule has 0 aliphatic heterocycles. The SMILES string of the molecule is CC(C)(C)CC(O)CNC(=O)c1nc[nH]c(=O)c1Br. The molecule has 1 atom stereocenters. The number of hydrogen-bond donors (Lipinski definition) is 3. The van der Waals surface area contributed by atoms with Gasteiger partial charge < -0.3 is 15.4 Å². The van der Waals surface area contributed by atoms with Crippen LogP contribution in [0, 0.1) is 5.41 Å². The average molecular weight is 332 g/mol. The lowest BCUT2D eigenvalue weighted by Gasteiger charge is -2.22. The minimum atomic E-state index is -0.635. The molecule has 0 aliphatic rings. The Hall–Kier alpha value is -1.21. The summed E-state index contributed by atoms with van der Waals surface area (Å²) in [7, 11) is 0. The van der Waals surface area contributed by atoms with Gasteiger partial charge in [-0.15, -0.1) is 0 Å². The minimum Gasteiger partial charge on any atom is -0.391 e. The highest BCUT2D eigenvalue weighted by Gasteiger charge is 2.19. The normalized spacial score (nSPS) is 13.1. The van der Waals surface area contributed by atoms with Gasteiger partial charge in [0, 0.05) is 6.54 Å². The Morgan fingerprint density at radius 2 is 2.21 bits per heavy atom. The molecule has 0 aliphatic carbocycles. The monoisotopic (exact) mass is 331 g/mol. The minimum absolute atomic E-state index is 0.00621. The van der Waals surface area contributed by atoms with Gasteiger partial charge in [-0.25, -0.2) is 4.98 Å². The predicted molar refractivity (Wildman–Crippen MR) is 75.0 cm³/mol. The second-order valence-corrected chi connectivity index (χ2v) is 6.32. The van der Waals surface area contributed by atoms with Crippen molar-refractivity contribution in [3.05, 3.63) is 26.8 Å². The molecule has 0 spiro atoms. The quantitative estimate of drug-likeness (QED) is 0.768. The molecule has 0 radical (unpaired) electrons. The van der Waals surface area contributed by atoms with Gasteiger partial charge in [-0.1, -0.05) is 20.8 Å². The molecule has 1 aromatic heterocycles. The maximum atomic E-state index is 11.8. The van der Waals surface area contributed by atoms with E-state index < -0.39 is 17.6 Å². The number of aliphatic hydroxyl groups is 1.